The molecule has 0 aliphatic carbocycles. The fourth-order valence-corrected chi connectivity index (χ4v) is 2.41. The molecule has 1 aliphatic rings. The molecule has 94 valence electrons. The molecule has 1 amide bonds. The van der Waals surface area contributed by atoms with Crippen molar-refractivity contribution in [2.24, 2.45) is 11.7 Å². The Morgan fingerprint density at radius 2 is 2.12 bits per heavy atom. The van der Waals surface area contributed by atoms with Crippen LogP contribution < -0.4 is 5.73 Å². The van der Waals surface area contributed by atoms with E-state index in [2.05, 4.69) is 11.8 Å². The van der Waals surface area contributed by atoms with Gasteiger partial charge in [0.1, 0.15) is 0 Å². The first kappa shape index (κ1) is 13.5. The van der Waals surface area contributed by atoms with Crippen molar-refractivity contribution in [2.75, 3.05) is 6.54 Å². The number of nitrogens with two attached hydrogens (primary N) is 1. The molecule has 2 N–H and O–H groups in total. The van der Waals surface area contributed by atoms with E-state index in [4.69, 9.17) is 5.73 Å². The Morgan fingerprint density at radius 3 is 2.69 bits per heavy atom. The molecule has 0 bridgehead atoms. The van der Waals surface area contributed by atoms with Crippen LogP contribution in [0, 0.1) is 5.92 Å². The second-order valence-electron chi connectivity index (χ2n) is 5.12. The number of nitrogens with zero attached hydrogens (tertiary/aromatic N) is 1. The van der Waals surface area contributed by atoms with E-state index in [1.165, 1.54) is 12.8 Å². The largest absolute Gasteiger partial charge is 0.339 e. The topological polar surface area (TPSA) is 46.3 Å². The summed E-state index contributed by atoms with van der Waals surface area (Å²) in [6.45, 7) is 6.98. The normalized spacial score (nSPS) is 25.2. The quantitative estimate of drug-likeness (QED) is 0.798. The van der Waals surface area contributed by atoms with Gasteiger partial charge in [0, 0.05) is 18.6 Å². The second kappa shape index (κ2) is 6.24. The fourth-order valence-electron chi connectivity index (χ4n) is 2.41. The van der Waals surface area contributed by atoms with Gasteiger partial charge in [0.05, 0.1) is 5.92 Å². The minimum Gasteiger partial charge on any atom is -0.339 e. The summed E-state index contributed by atoms with van der Waals surface area (Å²) in [7, 11) is 0. The Labute approximate surface area is 99.4 Å². The van der Waals surface area contributed by atoms with E-state index >= 15 is 0 Å². The van der Waals surface area contributed by atoms with Crippen LogP contribution in [0.5, 0.6) is 0 Å². The Kier molecular flexibility index (Phi) is 5.26. The maximum Gasteiger partial charge on any atom is 0.227 e. The van der Waals surface area contributed by atoms with E-state index in [-0.39, 0.29) is 17.9 Å². The lowest BCUT2D eigenvalue weighted by atomic mass is 9.94. The number of rotatable bonds is 4. The first-order valence-corrected chi connectivity index (χ1v) is 6.64. The summed E-state index contributed by atoms with van der Waals surface area (Å²) in [5.41, 5.74) is 5.82. The molecule has 0 spiro atoms. The summed E-state index contributed by atoms with van der Waals surface area (Å²) in [6.07, 6.45) is 5.88. The molecule has 1 aliphatic heterocycles. The molecule has 16 heavy (non-hydrogen) atoms. The maximum absolute atomic E-state index is 12.3. The van der Waals surface area contributed by atoms with Crippen LogP contribution in [-0.2, 0) is 4.79 Å². The fraction of sp³-hybridized carbons (Fsp3) is 0.923. The van der Waals surface area contributed by atoms with Crippen LogP contribution in [0.25, 0.3) is 0 Å². The second-order valence-corrected chi connectivity index (χ2v) is 5.12. The summed E-state index contributed by atoms with van der Waals surface area (Å²) in [5, 5.41) is 0. The molecule has 1 rings (SSSR count). The van der Waals surface area contributed by atoms with Gasteiger partial charge >= 0.3 is 0 Å². The first-order chi connectivity index (χ1) is 7.57. The van der Waals surface area contributed by atoms with Crippen LogP contribution in [0.2, 0.25) is 0 Å². The van der Waals surface area contributed by atoms with Crippen molar-refractivity contribution in [1.82, 2.24) is 4.90 Å². The van der Waals surface area contributed by atoms with Crippen molar-refractivity contribution in [2.45, 2.75) is 65.0 Å². The van der Waals surface area contributed by atoms with Gasteiger partial charge in [-0.1, -0.05) is 20.3 Å². The van der Waals surface area contributed by atoms with Crippen LogP contribution >= 0.6 is 0 Å². The van der Waals surface area contributed by atoms with Gasteiger partial charge in [0.25, 0.3) is 0 Å². The predicted molar refractivity (Wildman–Crippen MR) is 67.1 cm³/mol. The number of piperidine rings is 1. The molecule has 3 atom stereocenters. The van der Waals surface area contributed by atoms with Crippen LogP contribution in [0.4, 0.5) is 0 Å². The number of amides is 1. The SMILES string of the molecule is CCCC1CCCCN1C(=O)C(C)C(C)N. The van der Waals surface area contributed by atoms with Gasteiger partial charge in [-0.15, -0.1) is 0 Å². The van der Waals surface area contributed by atoms with E-state index < -0.39 is 0 Å². The molecule has 0 aromatic heterocycles. The van der Waals surface area contributed by atoms with E-state index in [1.807, 2.05) is 13.8 Å². The Morgan fingerprint density at radius 1 is 1.44 bits per heavy atom. The smallest absolute Gasteiger partial charge is 0.227 e. The summed E-state index contributed by atoms with van der Waals surface area (Å²) in [5.74, 6) is 0.214. The zero-order valence-electron chi connectivity index (χ0n) is 10.9. The molecule has 0 aromatic carbocycles. The number of carbonyl (C=O) groups excluding carboxylic acids is 1. The third-order valence-electron chi connectivity index (χ3n) is 3.71. The molecular weight excluding hydrogens is 200 g/mol. The average molecular weight is 226 g/mol. The number of likely N-dealkylation sites (tertiary alicyclic amines) is 1. The lowest BCUT2D eigenvalue weighted by Crippen LogP contribution is -2.48. The molecule has 0 saturated carbocycles. The Balaban J connectivity index is 2.63. The van der Waals surface area contributed by atoms with E-state index in [0.29, 0.717) is 6.04 Å². The Hall–Kier alpha value is -0.570. The number of hydrogen-bond acceptors (Lipinski definition) is 2. The van der Waals surface area contributed by atoms with Crippen molar-refractivity contribution in [3.8, 4) is 0 Å². The highest BCUT2D eigenvalue weighted by Gasteiger charge is 2.30. The van der Waals surface area contributed by atoms with E-state index in [1.54, 1.807) is 0 Å². The van der Waals surface area contributed by atoms with Crippen LogP contribution in [0.3, 0.4) is 0 Å². The predicted octanol–water partition coefficient (Wildman–Crippen LogP) is 2.15. The molecular formula is C13H26N2O. The highest BCUT2D eigenvalue weighted by atomic mass is 16.2. The standard InChI is InChI=1S/C13H26N2O/c1-4-7-12-8-5-6-9-15(12)13(16)10(2)11(3)14/h10-12H,4-9,14H2,1-3H3. The minimum atomic E-state index is -0.0447. The summed E-state index contributed by atoms with van der Waals surface area (Å²) < 4.78 is 0. The van der Waals surface area contributed by atoms with E-state index in [0.717, 1.165) is 25.8 Å². The molecule has 3 unspecified atom stereocenters. The summed E-state index contributed by atoms with van der Waals surface area (Å²) >= 11 is 0. The zero-order valence-corrected chi connectivity index (χ0v) is 10.9. The number of carbonyl (C=O) groups is 1. The van der Waals surface area contributed by atoms with Gasteiger partial charge in [-0.05, 0) is 32.6 Å². The van der Waals surface area contributed by atoms with Gasteiger partial charge in [-0.25, -0.2) is 0 Å². The van der Waals surface area contributed by atoms with Gasteiger partial charge in [-0.2, -0.15) is 0 Å². The van der Waals surface area contributed by atoms with Crippen LogP contribution in [-0.4, -0.2) is 29.4 Å². The van der Waals surface area contributed by atoms with Gasteiger partial charge in [-0.3, -0.25) is 4.79 Å². The van der Waals surface area contributed by atoms with Crippen molar-refractivity contribution in [3.63, 3.8) is 0 Å². The number of hydrogen-bond donors (Lipinski definition) is 1. The molecule has 0 aromatic rings. The third-order valence-corrected chi connectivity index (χ3v) is 3.71. The lowest BCUT2D eigenvalue weighted by molar-refractivity contribution is -0.139. The first-order valence-electron chi connectivity index (χ1n) is 6.64. The van der Waals surface area contributed by atoms with Gasteiger partial charge in [0.2, 0.25) is 5.91 Å². The highest BCUT2D eigenvalue weighted by molar-refractivity contribution is 5.79. The minimum absolute atomic E-state index is 0.0440. The van der Waals surface area contributed by atoms with Crippen molar-refractivity contribution in [1.29, 1.82) is 0 Å². The van der Waals surface area contributed by atoms with Crippen LogP contribution in [0.15, 0.2) is 0 Å². The van der Waals surface area contributed by atoms with Crippen molar-refractivity contribution in [3.05, 3.63) is 0 Å². The maximum atomic E-state index is 12.3. The molecule has 1 heterocycles. The summed E-state index contributed by atoms with van der Waals surface area (Å²) in [6, 6.07) is 0.421. The zero-order chi connectivity index (χ0) is 12.1. The van der Waals surface area contributed by atoms with E-state index in [9.17, 15) is 4.79 Å². The highest BCUT2D eigenvalue weighted by Crippen LogP contribution is 2.23. The Bertz CT molecular complexity index is 226. The molecule has 3 nitrogen and oxygen atoms in total. The summed E-state index contributed by atoms with van der Waals surface area (Å²) in [4.78, 5) is 14.4. The van der Waals surface area contributed by atoms with Crippen molar-refractivity contribution >= 4 is 5.91 Å². The average Bonchev–Trinajstić information content (AvgIpc) is 2.28. The van der Waals surface area contributed by atoms with Gasteiger partial charge in [0.15, 0.2) is 0 Å². The molecule has 1 fully saturated rings. The lowest BCUT2D eigenvalue weighted by Gasteiger charge is -2.38. The monoisotopic (exact) mass is 226 g/mol. The molecule has 1 saturated heterocycles. The third kappa shape index (κ3) is 3.21. The molecule has 0 radical (unpaired) electrons. The molecule has 3 heteroatoms. The van der Waals surface area contributed by atoms with Gasteiger partial charge < -0.3 is 10.6 Å². The van der Waals surface area contributed by atoms with Crippen molar-refractivity contribution < 1.29 is 4.79 Å². The van der Waals surface area contributed by atoms with Crippen LogP contribution in [0.1, 0.15) is 52.9 Å².